The average molecular weight is 198 g/mol. The molecule has 0 radical (unpaired) electrons. The van der Waals surface area contributed by atoms with E-state index < -0.39 is 0 Å². The van der Waals surface area contributed by atoms with Gasteiger partial charge < -0.3 is 4.90 Å². The summed E-state index contributed by atoms with van der Waals surface area (Å²) < 4.78 is 0. The Morgan fingerprint density at radius 3 is 2.36 bits per heavy atom. The number of nitrogens with zero attached hydrogens (tertiary/aromatic N) is 2. The molecule has 82 valence electrons. The van der Waals surface area contributed by atoms with Gasteiger partial charge >= 0.3 is 0 Å². The van der Waals surface area contributed by atoms with Crippen molar-refractivity contribution in [1.29, 1.82) is 0 Å². The molecule has 1 saturated carbocycles. The van der Waals surface area contributed by atoms with Gasteiger partial charge in [0.15, 0.2) is 0 Å². The molecule has 0 aromatic rings. The number of aliphatic imine (C=N–C) groups is 1. The maximum absolute atomic E-state index is 5.47. The van der Waals surface area contributed by atoms with Gasteiger partial charge in [0.1, 0.15) is 0 Å². The van der Waals surface area contributed by atoms with Crippen molar-refractivity contribution < 1.29 is 0 Å². The molecule has 3 N–H and O–H groups in total. The monoisotopic (exact) mass is 198 g/mol. The maximum atomic E-state index is 5.47. The van der Waals surface area contributed by atoms with Gasteiger partial charge in [0.05, 0.1) is 6.04 Å². The molecular formula is C10H22N4. The van der Waals surface area contributed by atoms with Gasteiger partial charge in [0.25, 0.3) is 0 Å². The summed E-state index contributed by atoms with van der Waals surface area (Å²) in [6, 6.07) is 0.950. The number of hydrazine groups is 1. The van der Waals surface area contributed by atoms with E-state index >= 15 is 0 Å². The molecule has 0 aliphatic heterocycles. The summed E-state index contributed by atoms with van der Waals surface area (Å²) in [6.07, 6.45) is 2.41. The Labute approximate surface area is 86.5 Å². The minimum Gasteiger partial charge on any atom is -0.342 e. The van der Waals surface area contributed by atoms with Crippen molar-refractivity contribution in [3.63, 3.8) is 0 Å². The highest BCUT2D eigenvalue weighted by atomic mass is 15.4. The zero-order valence-electron chi connectivity index (χ0n) is 9.62. The molecule has 14 heavy (non-hydrogen) atoms. The first-order chi connectivity index (χ1) is 6.56. The lowest BCUT2D eigenvalue weighted by molar-refractivity contribution is 0.300. The molecule has 1 aliphatic carbocycles. The van der Waals surface area contributed by atoms with Crippen LogP contribution in [0.15, 0.2) is 4.99 Å². The molecule has 0 amide bonds. The summed E-state index contributed by atoms with van der Waals surface area (Å²) >= 11 is 0. The van der Waals surface area contributed by atoms with Crippen LogP contribution in [0.1, 0.15) is 33.6 Å². The van der Waals surface area contributed by atoms with E-state index in [1.54, 1.807) is 0 Å². The zero-order chi connectivity index (χ0) is 10.7. The Morgan fingerprint density at radius 1 is 1.43 bits per heavy atom. The molecule has 0 saturated heterocycles. The molecule has 4 nitrogen and oxygen atoms in total. The Kier molecular flexibility index (Phi) is 3.75. The number of hydrogen-bond donors (Lipinski definition) is 2. The van der Waals surface area contributed by atoms with Crippen molar-refractivity contribution in [3.8, 4) is 0 Å². The molecule has 1 atom stereocenters. The van der Waals surface area contributed by atoms with Gasteiger partial charge in [-0.25, -0.2) is 10.8 Å². The Morgan fingerprint density at radius 2 is 2.00 bits per heavy atom. The smallest absolute Gasteiger partial charge is 0.208 e. The standard InChI is InChI=1S/C10H22N4/c1-7(2)8(3)14(4)10(13-11)12-9-5-6-9/h7-9H,5-6,11H2,1-4H3,(H,12,13). The van der Waals surface area contributed by atoms with Crippen LogP contribution in [-0.2, 0) is 0 Å². The van der Waals surface area contributed by atoms with Crippen LogP contribution in [0.2, 0.25) is 0 Å². The van der Waals surface area contributed by atoms with Gasteiger partial charge in [-0.05, 0) is 25.7 Å². The largest absolute Gasteiger partial charge is 0.342 e. The zero-order valence-corrected chi connectivity index (χ0v) is 9.62. The SMILES string of the molecule is CC(C)C(C)N(C)C(=NC1CC1)NN. The molecule has 0 spiro atoms. The van der Waals surface area contributed by atoms with Crippen molar-refractivity contribution in [2.75, 3.05) is 7.05 Å². The Balaban J connectivity index is 2.58. The fourth-order valence-electron chi connectivity index (χ4n) is 1.25. The molecule has 0 aromatic carbocycles. The van der Waals surface area contributed by atoms with E-state index in [0.717, 1.165) is 5.96 Å². The van der Waals surface area contributed by atoms with Gasteiger partial charge in [-0.3, -0.25) is 5.43 Å². The Hall–Kier alpha value is -0.770. The molecule has 0 bridgehead atoms. The van der Waals surface area contributed by atoms with E-state index in [9.17, 15) is 0 Å². The fraction of sp³-hybridized carbons (Fsp3) is 0.900. The third-order valence-electron chi connectivity index (χ3n) is 2.89. The van der Waals surface area contributed by atoms with E-state index in [-0.39, 0.29) is 0 Å². The van der Waals surface area contributed by atoms with E-state index in [0.29, 0.717) is 18.0 Å². The van der Waals surface area contributed by atoms with E-state index in [4.69, 9.17) is 5.84 Å². The predicted molar refractivity (Wildman–Crippen MR) is 59.8 cm³/mol. The summed E-state index contributed by atoms with van der Waals surface area (Å²) in [5.41, 5.74) is 2.68. The van der Waals surface area contributed by atoms with Crippen LogP contribution in [-0.4, -0.2) is 30.0 Å². The lowest BCUT2D eigenvalue weighted by Gasteiger charge is -2.30. The molecule has 1 rings (SSSR count). The summed E-state index contributed by atoms with van der Waals surface area (Å²) in [4.78, 5) is 6.63. The molecule has 1 fully saturated rings. The van der Waals surface area contributed by atoms with E-state index in [1.807, 2.05) is 7.05 Å². The van der Waals surface area contributed by atoms with Gasteiger partial charge in [-0.1, -0.05) is 13.8 Å². The van der Waals surface area contributed by atoms with Crippen LogP contribution in [0, 0.1) is 5.92 Å². The van der Waals surface area contributed by atoms with Gasteiger partial charge in [-0.15, -0.1) is 0 Å². The number of rotatable bonds is 3. The van der Waals surface area contributed by atoms with Gasteiger partial charge in [0.2, 0.25) is 5.96 Å². The van der Waals surface area contributed by atoms with E-state index in [1.165, 1.54) is 12.8 Å². The second-order valence-corrected chi connectivity index (χ2v) is 4.42. The topological polar surface area (TPSA) is 53.6 Å². The fourth-order valence-corrected chi connectivity index (χ4v) is 1.25. The number of nitrogens with two attached hydrogens (primary N) is 1. The first kappa shape index (κ1) is 11.3. The van der Waals surface area contributed by atoms with Crippen LogP contribution in [0.3, 0.4) is 0 Å². The third-order valence-corrected chi connectivity index (χ3v) is 2.89. The van der Waals surface area contributed by atoms with Crippen LogP contribution >= 0.6 is 0 Å². The minimum absolute atomic E-state index is 0.448. The van der Waals surface area contributed by atoms with Crippen molar-refractivity contribution in [2.24, 2.45) is 16.8 Å². The first-order valence-corrected chi connectivity index (χ1v) is 5.33. The van der Waals surface area contributed by atoms with Crippen LogP contribution in [0.5, 0.6) is 0 Å². The van der Waals surface area contributed by atoms with Crippen LogP contribution in [0.25, 0.3) is 0 Å². The second kappa shape index (κ2) is 4.64. The summed E-state index contributed by atoms with van der Waals surface area (Å²) in [5.74, 6) is 6.87. The van der Waals surface area contributed by atoms with Gasteiger partial charge in [0, 0.05) is 13.1 Å². The number of guanidine groups is 1. The number of nitrogens with one attached hydrogen (secondary N) is 1. The maximum Gasteiger partial charge on any atom is 0.208 e. The molecule has 1 aliphatic rings. The predicted octanol–water partition coefficient (Wildman–Crippen LogP) is 0.944. The van der Waals surface area contributed by atoms with Crippen molar-refractivity contribution in [1.82, 2.24) is 10.3 Å². The molecule has 0 heterocycles. The average Bonchev–Trinajstić information content (AvgIpc) is 2.95. The normalized spacial score (nSPS) is 19.7. The highest BCUT2D eigenvalue weighted by Gasteiger charge is 2.23. The highest BCUT2D eigenvalue weighted by molar-refractivity contribution is 5.79. The summed E-state index contributed by atoms with van der Waals surface area (Å²) in [6.45, 7) is 6.59. The minimum atomic E-state index is 0.448. The lowest BCUT2D eigenvalue weighted by atomic mass is 10.1. The summed E-state index contributed by atoms with van der Waals surface area (Å²) in [5, 5.41) is 0. The van der Waals surface area contributed by atoms with E-state index in [2.05, 4.69) is 36.1 Å². The van der Waals surface area contributed by atoms with Crippen molar-refractivity contribution in [2.45, 2.75) is 45.7 Å². The highest BCUT2D eigenvalue weighted by Crippen LogP contribution is 2.24. The van der Waals surface area contributed by atoms with Crippen LogP contribution in [0.4, 0.5) is 0 Å². The van der Waals surface area contributed by atoms with Crippen molar-refractivity contribution in [3.05, 3.63) is 0 Å². The molecule has 1 unspecified atom stereocenters. The third kappa shape index (κ3) is 2.87. The van der Waals surface area contributed by atoms with Crippen molar-refractivity contribution >= 4 is 5.96 Å². The quantitative estimate of drug-likeness (QED) is 0.307. The van der Waals surface area contributed by atoms with Gasteiger partial charge in [-0.2, -0.15) is 0 Å². The van der Waals surface area contributed by atoms with Crippen LogP contribution < -0.4 is 11.3 Å². The molecular weight excluding hydrogens is 176 g/mol. The number of hydrogen-bond acceptors (Lipinski definition) is 2. The molecule has 4 heteroatoms. The second-order valence-electron chi connectivity index (χ2n) is 4.42. The Bertz CT molecular complexity index is 208. The lowest BCUT2D eigenvalue weighted by Crippen LogP contribution is -2.48. The first-order valence-electron chi connectivity index (χ1n) is 5.33. The summed E-state index contributed by atoms with van der Waals surface area (Å²) in [7, 11) is 2.03. The molecule has 0 aromatic heterocycles.